The van der Waals surface area contributed by atoms with Crippen molar-refractivity contribution in [2.45, 2.75) is 51.1 Å². The zero-order valence-electron chi connectivity index (χ0n) is 12.2. The molecule has 0 bridgehead atoms. The van der Waals surface area contributed by atoms with Gasteiger partial charge in [-0.25, -0.2) is 0 Å². The van der Waals surface area contributed by atoms with Crippen molar-refractivity contribution in [3.8, 4) is 0 Å². The molecule has 20 heavy (non-hydrogen) atoms. The van der Waals surface area contributed by atoms with E-state index in [9.17, 15) is 5.11 Å². The summed E-state index contributed by atoms with van der Waals surface area (Å²) in [5, 5.41) is 9.37. The van der Waals surface area contributed by atoms with E-state index in [1.54, 1.807) is 0 Å². The Hall–Kier alpha value is -0.580. The third-order valence-corrected chi connectivity index (χ3v) is 4.85. The lowest BCUT2D eigenvalue weighted by molar-refractivity contribution is 0.290. The second-order valence-corrected chi connectivity index (χ2v) is 6.56. The van der Waals surface area contributed by atoms with Crippen LogP contribution in [0.5, 0.6) is 0 Å². The Morgan fingerprint density at radius 1 is 1.35 bits per heavy atom. The van der Waals surface area contributed by atoms with E-state index in [1.807, 2.05) is 6.92 Å². The molecule has 0 aliphatic heterocycles. The second kappa shape index (κ2) is 7.43. The van der Waals surface area contributed by atoms with Crippen LogP contribution >= 0.6 is 15.9 Å². The van der Waals surface area contributed by atoms with Gasteiger partial charge in [0.15, 0.2) is 0 Å². The normalized spacial score (nSPS) is 18.0. The van der Waals surface area contributed by atoms with Crippen LogP contribution in [0, 0.1) is 0 Å². The monoisotopic (exact) mass is 340 g/mol. The van der Waals surface area contributed by atoms with Gasteiger partial charge < -0.3 is 15.7 Å². The van der Waals surface area contributed by atoms with Gasteiger partial charge in [0.2, 0.25) is 0 Å². The van der Waals surface area contributed by atoms with Gasteiger partial charge in [-0.15, -0.1) is 0 Å². The van der Waals surface area contributed by atoms with E-state index in [1.165, 1.54) is 37.8 Å². The quantitative estimate of drug-likeness (QED) is 0.860. The van der Waals surface area contributed by atoms with Gasteiger partial charge >= 0.3 is 0 Å². The Bertz CT molecular complexity index is 430. The van der Waals surface area contributed by atoms with Crippen LogP contribution in [0.25, 0.3) is 0 Å². The molecule has 0 radical (unpaired) electrons. The number of hydrogen-bond donors (Lipinski definition) is 2. The first kappa shape index (κ1) is 15.8. The number of hydrogen-bond acceptors (Lipinski definition) is 3. The average molecular weight is 341 g/mol. The van der Waals surface area contributed by atoms with Gasteiger partial charge in [-0.3, -0.25) is 0 Å². The highest BCUT2D eigenvalue weighted by molar-refractivity contribution is 9.10. The Morgan fingerprint density at radius 3 is 2.60 bits per heavy atom. The summed E-state index contributed by atoms with van der Waals surface area (Å²) in [7, 11) is 0. The van der Waals surface area contributed by atoms with Crippen molar-refractivity contribution < 1.29 is 5.11 Å². The number of nitrogens with two attached hydrogens (primary N) is 1. The molecular weight excluding hydrogens is 316 g/mol. The first-order valence-electron chi connectivity index (χ1n) is 7.56. The molecule has 1 aromatic rings. The van der Waals surface area contributed by atoms with E-state index in [0.717, 1.165) is 10.0 Å². The zero-order chi connectivity index (χ0) is 14.5. The van der Waals surface area contributed by atoms with E-state index < -0.39 is 0 Å². The van der Waals surface area contributed by atoms with Gasteiger partial charge in [0.25, 0.3) is 0 Å². The number of benzene rings is 1. The van der Waals surface area contributed by atoms with Gasteiger partial charge in [-0.05, 0) is 37.5 Å². The van der Waals surface area contributed by atoms with Gasteiger partial charge in [-0.2, -0.15) is 0 Å². The van der Waals surface area contributed by atoms with Crippen LogP contribution < -0.4 is 10.6 Å². The Morgan fingerprint density at radius 2 is 2.05 bits per heavy atom. The first-order valence-corrected chi connectivity index (χ1v) is 8.35. The van der Waals surface area contributed by atoms with Crippen molar-refractivity contribution in [3.63, 3.8) is 0 Å². The molecule has 0 unspecified atom stereocenters. The van der Waals surface area contributed by atoms with Crippen LogP contribution in [0.4, 0.5) is 5.69 Å². The number of anilines is 1. The fraction of sp³-hybridized carbons (Fsp3) is 0.625. The van der Waals surface area contributed by atoms with Crippen molar-refractivity contribution in [2.75, 3.05) is 18.1 Å². The molecule has 1 aromatic carbocycles. The summed E-state index contributed by atoms with van der Waals surface area (Å²) in [6.07, 6.45) is 6.40. The van der Waals surface area contributed by atoms with Gasteiger partial charge in [-0.1, -0.05) is 41.3 Å². The highest BCUT2D eigenvalue weighted by Crippen LogP contribution is 2.31. The standard InChI is InChI=1S/C16H25BrN2O/c1-12(18)15-8-7-14(11-16(15)17)19(9-10-20)13-5-3-2-4-6-13/h7-8,11-13,20H,2-6,9-10,18H2,1H3/t12-/m0/s1. The van der Waals surface area contributed by atoms with Crippen LogP contribution in [0.3, 0.4) is 0 Å². The Balaban J connectivity index is 2.22. The molecule has 3 nitrogen and oxygen atoms in total. The topological polar surface area (TPSA) is 49.5 Å². The fourth-order valence-electron chi connectivity index (χ4n) is 3.09. The Kier molecular flexibility index (Phi) is 5.87. The van der Waals surface area contributed by atoms with Crippen molar-refractivity contribution >= 4 is 21.6 Å². The maximum Gasteiger partial charge on any atom is 0.0606 e. The lowest BCUT2D eigenvalue weighted by atomic mass is 9.93. The van der Waals surface area contributed by atoms with E-state index in [2.05, 4.69) is 39.0 Å². The van der Waals surface area contributed by atoms with Crippen molar-refractivity contribution in [2.24, 2.45) is 5.73 Å². The molecule has 2 rings (SSSR count). The molecule has 0 amide bonds. The summed E-state index contributed by atoms with van der Waals surface area (Å²) in [4.78, 5) is 2.36. The lowest BCUT2D eigenvalue weighted by Gasteiger charge is -2.36. The lowest BCUT2D eigenvalue weighted by Crippen LogP contribution is -2.38. The number of rotatable bonds is 5. The minimum absolute atomic E-state index is 0.0272. The third-order valence-electron chi connectivity index (χ3n) is 4.16. The smallest absolute Gasteiger partial charge is 0.0606 e. The summed E-state index contributed by atoms with van der Waals surface area (Å²) >= 11 is 3.62. The van der Waals surface area contributed by atoms with Crippen molar-refractivity contribution in [3.05, 3.63) is 28.2 Å². The molecule has 1 aliphatic carbocycles. The van der Waals surface area contributed by atoms with E-state index in [-0.39, 0.29) is 12.6 Å². The summed E-state index contributed by atoms with van der Waals surface area (Å²) in [5.41, 5.74) is 8.27. The van der Waals surface area contributed by atoms with Crippen molar-refractivity contribution in [1.29, 1.82) is 0 Å². The van der Waals surface area contributed by atoms with Gasteiger partial charge in [0, 0.05) is 28.8 Å². The minimum Gasteiger partial charge on any atom is -0.395 e. The first-order chi connectivity index (χ1) is 9.63. The predicted octanol–water partition coefficient (Wildman–Crippen LogP) is 3.60. The molecule has 1 fully saturated rings. The molecule has 4 heteroatoms. The minimum atomic E-state index is 0.0272. The SMILES string of the molecule is C[C@H](N)c1ccc(N(CCO)C2CCCCC2)cc1Br. The highest BCUT2D eigenvalue weighted by atomic mass is 79.9. The zero-order valence-corrected chi connectivity index (χ0v) is 13.8. The molecule has 0 aromatic heterocycles. The molecule has 3 N–H and O–H groups in total. The maximum absolute atomic E-state index is 9.37. The van der Waals surface area contributed by atoms with Crippen LogP contribution in [0.15, 0.2) is 22.7 Å². The molecular formula is C16H25BrN2O. The van der Waals surface area contributed by atoms with Gasteiger partial charge in [0.1, 0.15) is 0 Å². The average Bonchev–Trinajstić information content (AvgIpc) is 2.45. The summed E-state index contributed by atoms with van der Waals surface area (Å²) in [6, 6.07) is 6.96. The molecule has 0 spiro atoms. The third kappa shape index (κ3) is 3.74. The molecule has 1 saturated carbocycles. The number of nitrogens with zero attached hydrogens (tertiary/aromatic N) is 1. The number of aliphatic hydroxyl groups excluding tert-OH is 1. The molecule has 112 valence electrons. The predicted molar refractivity (Wildman–Crippen MR) is 88.0 cm³/mol. The molecule has 0 heterocycles. The summed E-state index contributed by atoms with van der Waals surface area (Å²) in [5.74, 6) is 0. The largest absolute Gasteiger partial charge is 0.395 e. The number of aliphatic hydroxyl groups is 1. The van der Waals surface area contributed by atoms with E-state index in [4.69, 9.17) is 5.73 Å². The number of halogens is 1. The van der Waals surface area contributed by atoms with E-state index >= 15 is 0 Å². The summed E-state index contributed by atoms with van der Waals surface area (Å²) < 4.78 is 1.06. The summed E-state index contributed by atoms with van der Waals surface area (Å²) in [6.45, 7) is 2.89. The molecule has 0 saturated heterocycles. The Labute approximate surface area is 130 Å². The van der Waals surface area contributed by atoms with Crippen LogP contribution in [-0.4, -0.2) is 24.3 Å². The van der Waals surface area contributed by atoms with Crippen molar-refractivity contribution in [1.82, 2.24) is 0 Å². The van der Waals surface area contributed by atoms with Crippen LogP contribution in [0.2, 0.25) is 0 Å². The van der Waals surface area contributed by atoms with Crippen LogP contribution in [0.1, 0.15) is 50.6 Å². The van der Waals surface area contributed by atoms with E-state index in [0.29, 0.717) is 12.6 Å². The highest BCUT2D eigenvalue weighted by Gasteiger charge is 2.21. The van der Waals surface area contributed by atoms with Gasteiger partial charge in [0.05, 0.1) is 6.61 Å². The fourth-order valence-corrected chi connectivity index (χ4v) is 3.81. The molecule has 1 atom stereocenters. The van der Waals surface area contributed by atoms with Crippen LogP contribution in [-0.2, 0) is 0 Å². The molecule has 1 aliphatic rings. The second-order valence-electron chi connectivity index (χ2n) is 5.70. The maximum atomic E-state index is 9.37.